The summed E-state index contributed by atoms with van der Waals surface area (Å²) in [6.45, 7) is 0. The Bertz CT molecular complexity index is 1450. The number of carbonyl (C=O) groups excluding carboxylic acids is 1. The van der Waals surface area contributed by atoms with Crippen molar-refractivity contribution in [3.8, 4) is 11.8 Å². The Balaban J connectivity index is 1.99. The highest BCUT2D eigenvalue weighted by molar-refractivity contribution is 9.11. The first kappa shape index (κ1) is 25.1. The van der Waals surface area contributed by atoms with Gasteiger partial charge in [0.25, 0.3) is 11.6 Å². The number of nitrogens with one attached hydrogen (secondary N) is 1. The molecule has 1 amide bonds. The summed E-state index contributed by atoms with van der Waals surface area (Å²) in [7, 11) is -4.22. The number of hydrogen-bond donors (Lipinski definition) is 1. The molecule has 0 heterocycles. The largest absolute Gasteiger partial charge is 0.377 e. The van der Waals surface area contributed by atoms with E-state index in [9.17, 15) is 28.6 Å². The summed E-state index contributed by atoms with van der Waals surface area (Å²) in [4.78, 5) is 22.9. The van der Waals surface area contributed by atoms with Crippen molar-refractivity contribution >= 4 is 65.3 Å². The standard InChI is InChI=1S/C22H13Br2N3O6S/c23-16-10-14(21(20(24)11-16)33-34(31,32)19-7-2-1-3-8-19)9-15(13-25)22(28)26-17-5-4-6-18(12-17)27(29)30/h1-12H,(H,26,28)/b15-9+. The number of amides is 1. The van der Waals surface area contributed by atoms with Crippen LogP contribution in [0, 0.1) is 21.4 Å². The van der Waals surface area contributed by atoms with Gasteiger partial charge in [0.05, 0.1) is 9.40 Å². The van der Waals surface area contributed by atoms with Crippen molar-refractivity contribution in [2.24, 2.45) is 0 Å². The molecule has 0 unspecified atom stereocenters. The van der Waals surface area contributed by atoms with Crippen LogP contribution in [-0.2, 0) is 14.9 Å². The number of carbonyl (C=O) groups is 1. The number of rotatable bonds is 7. The van der Waals surface area contributed by atoms with Crippen LogP contribution in [0.2, 0.25) is 0 Å². The number of nitrogens with zero attached hydrogens (tertiary/aromatic N) is 2. The molecule has 0 atom stereocenters. The Hall–Kier alpha value is -3.53. The summed E-state index contributed by atoms with van der Waals surface area (Å²) in [5.74, 6) is -0.987. The molecule has 1 N–H and O–H groups in total. The summed E-state index contributed by atoms with van der Waals surface area (Å²) in [6, 6.07) is 17.4. The van der Waals surface area contributed by atoms with Crippen LogP contribution in [0.25, 0.3) is 6.08 Å². The lowest BCUT2D eigenvalue weighted by Gasteiger charge is -2.13. The van der Waals surface area contributed by atoms with E-state index in [-0.39, 0.29) is 32.1 Å². The molecule has 0 saturated heterocycles. The number of anilines is 1. The summed E-state index contributed by atoms with van der Waals surface area (Å²) in [6.07, 6.45) is 1.15. The number of hydrogen-bond acceptors (Lipinski definition) is 7. The number of benzene rings is 3. The molecule has 0 radical (unpaired) electrons. The third-order valence-electron chi connectivity index (χ3n) is 4.24. The van der Waals surface area contributed by atoms with E-state index in [0.717, 1.165) is 12.1 Å². The van der Waals surface area contributed by atoms with Crippen LogP contribution in [0.4, 0.5) is 11.4 Å². The monoisotopic (exact) mass is 605 g/mol. The zero-order chi connectivity index (χ0) is 24.9. The molecule has 0 spiro atoms. The lowest BCUT2D eigenvalue weighted by atomic mass is 10.1. The van der Waals surface area contributed by atoms with Gasteiger partial charge in [-0.3, -0.25) is 14.9 Å². The maximum absolute atomic E-state index is 12.7. The number of halogens is 2. The lowest BCUT2D eigenvalue weighted by Crippen LogP contribution is -2.14. The minimum Gasteiger partial charge on any atom is -0.377 e. The second-order valence-corrected chi connectivity index (χ2v) is 9.90. The maximum atomic E-state index is 12.7. The van der Waals surface area contributed by atoms with Crippen LogP contribution in [0.15, 0.2) is 86.1 Å². The normalized spacial score (nSPS) is 11.4. The van der Waals surface area contributed by atoms with Gasteiger partial charge in [0, 0.05) is 27.9 Å². The highest BCUT2D eigenvalue weighted by atomic mass is 79.9. The van der Waals surface area contributed by atoms with Crippen molar-refractivity contribution in [1.29, 1.82) is 5.26 Å². The van der Waals surface area contributed by atoms with Crippen LogP contribution in [0.1, 0.15) is 5.56 Å². The predicted molar refractivity (Wildman–Crippen MR) is 131 cm³/mol. The van der Waals surface area contributed by atoms with Crippen molar-refractivity contribution in [3.63, 3.8) is 0 Å². The van der Waals surface area contributed by atoms with E-state index in [1.807, 2.05) is 0 Å². The molecular formula is C22H13Br2N3O6S. The third kappa shape index (κ3) is 6.07. The first-order valence-electron chi connectivity index (χ1n) is 9.27. The molecule has 9 nitrogen and oxygen atoms in total. The first-order valence-corrected chi connectivity index (χ1v) is 12.3. The van der Waals surface area contributed by atoms with Gasteiger partial charge < -0.3 is 9.50 Å². The Labute approximate surface area is 211 Å². The molecule has 0 bridgehead atoms. The number of non-ortho nitro benzene ring substituents is 1. The molecule has 3 rings (SSSR count). The molecule has 0 aliphatic rings. The van der Waals surface area contributed by atoms with Gasteiger partial charge in [-0.1, -0.05) is 40.2 Å². The molecule has 3 aromatic carbocycles. The van der Waals surface area contributed by atoms with Crippen LogP contribution in [0.5, 0.6) is 5.75 Å². The summed E-state index contributed by atoms with van der Waals surface area (Å²) >= 11 is 6.54. The lowest BCUT2D eigenvalue weighted by molar-refractivity contribution is -0.384. The minimum atomic E-state index is -4.22. The molecule has 0 aliphatic carbocycles. The van der Waals surface area contributed by atoms with Crippen LogP contribution < -0.4 is 9.50 Å². The first-order chi connectivity index (χ1) is 16.1. The molecule has 0 fully saturated rings. The fourth-order valence-corrected chi connectivity index (χ4v) is 5.16. The Morgan fingerprint density at radius 2 is 1.79 bits per heavy atom. The summed E-state index contributed by atoms with van der Waals surface area (Å²) in [5, 5.41) is 22.9. The quantitative estimate of drug-likeness (QED) is 0.124. The van der Waals surface area contributed by atoms with Crippen molar-refractivity contribution < 1.29 is 22.3 Å². The van der Waals surface area contributed by atoms with E-state index < -0.39 is 26.5 Å². The Morgan fingerprint density at radius 1 is 1.09 bits per heavy atom. The van der Waals surface area contributed by atoms with Crippen molar-refractivity contribution in [2.45, 2.75) is 4.90 Å². The molecule has 12 heteroatoms. The zero-order valence-electron chi connectivity index (χ0n) is 16.9. The average Bonchev–Trinajstić information content (AvgIpc) is 2.80. The SMILES string of the molecule is N#C/C(=C\c1cc(Br)cc(Br)c1OS(=O)(=O)c1ccccc1)C(=O)Nc1cccc([N+](=O)[O-])c1. The highest BCUT2D eigenvalue weighted by Gasteiger charge is 2.22. The number of nitro benzene ring substituents is 1. The van der Waals surface area contributed by atoms with E-state index >= 15 is 0 Å². The molecular weight excluding hydrogens is 594 g/mol. The van der Waals surface area contributed by atoms with E-state index in [1.54, 1.807) is 30.3 Å². The molecule has 34 heavy (non-hydrogen) atoms. The highest BCUT2D eigenvalue weighted by Crippen LogP contribution is 2.36. The number of nitro groups is 1. The smallest absolute Gasteiger partial charge is 0.339 e. The van der Waals surface area contributed by atoms with Crippen LogP contribution >= 0.6 is 31.9 Å². The van der Waals surface area contributed by atoms with Crippen LogP contribution in [-0.4, -0.2) is 19.2 Å². The van der Waals surface area contributed by atoms with Gasteiger partial charge in [-0.2, -0.15) is 13.7 Å². The molecule has 3 aromatic rings. The third-order valence-corrected chi connectivity index (χ3v) is 6.52. The van der Waals surface area contributed by atoms with Gasteiger partial charge in [-0.15, -0.1) is 0 Å². The Morgan fingerprint density at radius 3 is 2.44 bits per heavy atom. The average molecular weight is 607 g/mol. The fraction of sp³-hybridized carbons (Fsp3) is 0. The molecule has 172 valence electrons. The molecule has 0 aliphatic heterocycles. The number of nitriles is 1. The van der Waals surface area contributed by atoms with E-state index in [4.69, 9.17) is 4.18 Å². The molecule has 0 aromatic heterocycles. The van der Waals surface area contributed by atoms with Gasteiger partial charge in [-0.25, -0.2) is 0 Å². The second-order valence-electron chi connectivity index (χ2n) is 6.59. The Kier molecular flexibility index (Phi) is 7.83. The van der Waals surface area contributed by atoms with Crippen molar-refractivity contribution in [1.82, 2.24) is 0 Å². The summed E-state index contributed by atoms with van der Waals surface area (Å²) in [5.41, 5.74) is -0.401. The van der Waals surface area contributed by atoms with Crippen molar-refractivity contribution in [2.75, 3.05) is 5.32 Å². The van der Waals surface area contributed by atoms with E-state index in [0.29, 0.717) is 4.47 Å². The topological polar surface area (TPSA) is 139 Å². The van der Waals surface area contributed by atoms with E-state index in [2.05, 4.69) is 37.2 Å². The van der Waals surface area contributed by atoms with Gasteiger partial charge in [0.2, 0.25) is 0 Å². The molecule has 0 saturated carbocycles. The minimum absolute atomic E-state index is 0.0799. The van der Waals surface area contributed by atoms with Crippen molar-refractivity contribution in [3.05, 3.63) is 96.9 Å². The van der Waals surface area contributed by atoms with Gasteiger partial charge >= 0.3 is 10.1 Å². The van der Waals surface area contributed by atoms with Gasteiger partial charge in [0.15, 0.2) is 5.75 Å². The summed E-state index contributed by atoms with van der Waals surface area (Å²) < 4.78 is 31.6. The zero-order valence-corrected chi connectivity index (χ0v) is 20.9. The predicted octanol–water partition coefficient (Wildman–Crippen LogP) is 5.43. The van der Waals surface area contributed by atoms with E-state index in [1.165, 1.54) is 36.4 Å². The second kappa shape index (κ2) is 10.6. The van der Waals surface area contributed by atoms with Gasteiger partial charge in [-0.05, 0) is 52.3 Å². The van der Waals surface area contributed by atoms with Gasteiger partial charge in [0.1, 0.15) is 16.5 Å². The fourth-order valence-electron chi connectivity index (χ4n) is 2.72. The van der Waals surface area contributed by atoms with Crippen LogP contribution in [0.3, 0.4) is 0 Å². The maximum Gasteiger partial charge on any atom is 0.339 e.